The zero-order valence-corrected chi connectivity index (χ0v) is 13.4. The number of halogens is 3. The monoisotopic (exact) mass is 327 g/mol. The minimum absolute atomic E-state index is 0.0587. The quantitative estimate of drug-likeness (QED) is 0.738. The van der Waals surface area contributed by atoms with Gasteiger partial charge in [0.1, 0.15) is 0 Å². The molecule has 0 bridgehead atoms. The molecular formula is C16H16Cl3N. The lowest BCUT2D eigenvalue weighted by molar-refractivity contribution is 0.598. The Balaban J connectivity index is 2.38. The normalized spacial score (nSPS) is 12.4. The lowest BCUT2D eigenvalue weighted by Gasteiger charge is -2.20. The molecule has 1 unspecified atom stereocenters. The van der Waals surface area contributed by atoms with E-state index in [9.17, 15) is 0 Å². The first-order valence-electron chi connectivity index (χ1n) is 6.55. The van der Waals surface area contributed by atoms with Crippen molar-refractivity contribution in [1.29, 1.82) is 0 Å². The Bertz CT molecular complexity index is 546. The Morgan fingerprint density at radius 1 is 0.850 bits per heavy atom. The zero-order chi connectivity index (χ0) is 14.5. The molecule has 20 heavy (non-hydrogen) atoms. The van der Waals surface area contributed by atoms with E-state index >= 15 is 0 Å². The second kappa shape index (κ2) is 7.33. The summed E-state index contributed by atoms with van der Waals surface area (Å²) >= 11 is 18.2. The third-order valence-electron chi connectivity index (χ3n) is 3.02. The Labute approximate surface area is 134 Å². The van der Waals surface area contributed by atoms with Crippen LogP contribution in [0.25, 0.3) is 0 Å². The summed E-state index contributed by atoms with van der Waals surface area (Å²) in [7, 11) is 0. The van der Waals surface area contributed by atoms with Crippen LogP contribution in [0.15, 0.2) is 42.5 Å². The molecule has 0 saturated carbocycles. The maximum atomic E-state index is 6.11. The molecule has 0 amide bonds. The third-order valence-corrected chi connectivity index (χ3v) is 3.71. The highest BCUT2D eigenvalue weighted by Gasteiger charge is 2.14. The molecule has 0 radical (unpaired) electrons. The molecule has 0 aromatic heterocycles. The van der Waals surface area contributed by atoms with Gasteiger partial charge in [-0.2, -0.15) is 0 Å². The molecule has 0 saturated heterocycles. The Morgan fingerprint density at radius 3 is 2.00 bits per heavy atom. The van der Waals surface area contributed by atoms with Gasteiger partial charge in [0, 0.05) is 15.1 Å². The highest BCUT2D eigenvalue weighted by atomic mass is 35.5. The molecule has 1 atom stereocenters. The first-order chi connectivity index (χ1) is 9.60. The van der Waals surface area contributed by atoms with Crippen LogP contribution in [-0.4, -0.2) is 6.54 Å². The van der Waals surface area contributed by atoms with Crippen molar-refractivity contribution in [1.82, 2.24) is 5.32 Å². The second-order valence-corrected chi connectivity index (χ2v) is 5.95. The van der Waals surface area contributed by atoms with E-state index in [1.807, 2.05) is 36.4 Å². The summed E-state index contributed by atoms with van der Waals surface area (Å²) in [6.07, 6.45) is 1.05. The van der Waals surface area contributed by atoms with Gasteiger partial charge in [-0.05, 0) is 54.4 Å². The first kappa shape index (κ1) is 15.7. The van der Waals surface area contributed by atoms with Gasteiger partial charge in [-0.25, -0.2) is 0 Å². The minimum Gasteiger partial charge on any atom is -0.306 e. The molecule has 0 fully saturated rings. The van der Waals surface area contributed by atoms with Crippen molar-refractivity contribution in [2.45, 2.75) is 19.4 Å². The smallest absolute Gasteiger partial charge is 0.0577 e. The van der Waals surface area contributed by atoms with E-state index in [1.54, 1.807) is 6.07 Å². The van der Waals surface area contributed by atoms with Crippen LogP contribution in [0.4, 0.5) is 0 Å². The molecule has 2 aromatic rings. The molecule has 2 rings (SSSR count). The SMILES string of the molecule is CCCNC(c1ccc(Cl)cc1)c1cc(Cl)cc(Cl)c1. The van der Waals surface area contributed by atoms with E-state index in [1.165, 1.54) is 0 Å². The number of rotatable bonds is 5. The summed E-state index contributed by atoms with van der Waals surface area (Å²) in [6.45, 7) is 3.05. The average molecular weight is 329 g/mol. The number of hydrogen-bond donors (Lipinski definition) is 1. The summed E-state index contributed by atoms with van der Waals surface area (Å²) in [4.78, 5) is 0. The van der Waals surface area contributed by atoms with Gasteiger partial charge in [0.2, 0.25) is 0 Å². The maximum absolute atomic E-state index is 6.11. The fraction of sp³-hybridized carbons (Fsp3) is 0.250. The predicted molar refractivity (Wildman–Crippen MR) is 88.1 cm³/mol. The van der Waals surface area contributed by atoms with Crippen LogP contribution in [0.1, 0.15) is 30.5 Å². The molecule has 0 aliphatic rings. The summed E-state index contributed by atoms with van der Waals surface area (Å²) in [6, 6.07) is 13.5. The maximum Gasteiger partial charge on any atom is 0.0577 e. The van der Waals surface area contributed by atoms with Gasteiger partial charge in [0.25, 0.3) is 0 Å². The average Bonchev–Trinajstić information content (AvgIpc) is 2.40. The summed E-state index contributed by atoms with van der Waals surface area (Å²) < 4.78 is 0. The van der Waals surface area contributed by atoms with Crippen LogP contribution in [-0.2, 0) is 0 Å². The van der Waals surface area contributed by atoms with Gasteiger partial charge >= 0.3 is 0 Å². The summed E-state index contributed by atoms with van der Waals surface area (Å²) in [5, 5.41) is 5.53. The van der Waals surface area contributed by atoms with Crippen LogP contribution in [0.2, 0.25) is 15.1 Å². The van der Waals surface area contributed by atoms with E-state index in [0.29, 0.717) is 10.0 Å². The van der Waals surface area contributed by atoms with Crippen molar-refractivity contribution in [3.8, 4) is 0 Å². The molecule has 1 nitrogen and oxygen atoms in total. The van der Waals surface area contributed by atoms with Crippen molar-refractivity contribution < 1.29 is 0 Å². The molecule has 0 spiro atoms. The largest absolute Gasteiger partial charge is 0.306 e. The standard InChI is InChI=1S/C16H16Cl3N/c1-2-7-20-16(11-3-5-13(17)6-4-11)12-8-14(18)10-15(19)9-12/h3-6,8-10,16,20H,2,7H2,1H3. The van der Waals surface area contributed by atoms with Crippen LogP contribution < -0.4 is 5.32 Å². The predicted octanol–water partition coefficient (Wildman–Crippen LogP) is 5.74. The van der Waals surface area contributed by atoms with Gasteiger partial charge in [0.05, 0.1) is 6.04 Å². The second-order valence-electron chi connectivity index (χ2n) is 4.64. The van der Waals surface area contributed by atoms with E-state index in [4.69, 9.17) is 34.8 Å². The Morgan fingerprint density at radius 2 is 1.45 bits per heavy atom. The number of benzene rings is 2. The van der Waals surface area contributed by atoms with Crippen molar-refractivity contribution in [2.75, 3.05) is 6.54 Å². The van der Waals surface area contributed by atoms with E-state index in [-0.39, 0.29) is 6.04 Å². The fourth-order valence-electron chi connectivity index (χ4n) is 2.11. The molecule has 0 aliphatic heterocycles. The summed E-state index contributed by atoms with van der Waals surface area (Å²) in [5.41, 5.74) is 2.19. The van der Waals surface area contributed by atoms with E-state index < -0.39 is 0 Å². The van der Waals surface area contributed by atoms with Crippen molar-refractivity contribution >= 4 is 34.8 Å². The molecule has 1 N–H and O–H groups in total. The van der Waals surface area contributed by atoms with Gasteiger partial charge in [0.15, 0.2) is 0 Å². The third kappa shape index (κ3) is 4.13. The van der Waals surface area contributed by atoms with Crippen LogP contribution in [0.3, 0.4) is 0 Å². The Hall–Kier alpha value is -0.730. The highest BCUT2D eigenvalue weighted by Crippen LogP contribution is 2.28. The molecule has 0 aliphatic carbocycles. The van der Waals surface area contributed by atoms with Gasteiger partial charge in [-0.15, -0.1) is 0 Å². The summed E-state index contributed by atoms with van der Waals surface area (Å²) in [5.74, 6) is 0. The molecule has 4 heteroatoms. The van der Waals surface area contributed by atoms with Crippen molar-refractivity contribution in [3.05, 3.63) is 68.7 Å². The number of hydrogen-bond acceptors (Lipinski definition) is 1. The first-order valence-corrected chi connectivity index (χ1v) is 7.68. The molecule has 106 valence electrons. The van der Waals surface area contributed by atoms with Crippen molar-refractivity contribution in [3.63, 3.8) is 0 Å². The topological polar surface area (TPSA) is 12.0 Å². The van der Waals surface area contributed by atoms with E-state index in [0.717, 1.165) is 29.1 Å². The number of nitrogens with one attached hydrogen (secondary N) is 1. The van der Waals surface area contributed by atoms with Gasteiger partial charge in [-0.3, -0.25) is 0 Å². The molecule has 0 heterocycles. The van der Waals surface area contributed by atoms with Gasteiger partial charge < -0.3 is 5.32 Å². The lowest BCUT2D eigenvalue weighted by atomic mass is 9.98. The fourth-order valence-corrected chi connectivity index (χ4v) is 2.78. The molecule has 2 aromatic carbocycles. The van der Waals surface area contributed by atoms with Crippen LogP contribution in [0, 0.1) is 0 Å². The molecular weight excluding hydrogens is 313 g/mol. The minimum atomic E-state index is 0.0587. The van der Waals surface area contributed by atoms with E-state index in [2.05, 4.69) is 12.2 Å². The highest BCUT2D eigenvalue weighted by molar-refractivity contribution is 6.34. The Kier molecular flexibility index (Phi) is 5.74. The van der Waals surface area contributed by atoms with Crippen LogP contribution >= 0.6 is 34.8 Å². The zero-order valence-electron chi connectivity index (χ0n) is 11.2. The van der Waals surface area contributed by atoms with Gasteiger partial charge in [-0.1, -0.05) is 53.9 Å². The lowest BCUT2D eigenvalue weighted by Crippen LogP contribution is -2.23. The van der Waals surface area contributed by atoms with Crippen LogP contribution in [0.5, 0.6) is 0 Å². The van der Waals surface area contributed by atoms with Crippen molar-refractivity contribution in [2.24, 2.45) is 0 Å².